The Morgan fingerprint density at radius 3 is 3.00 bits per heavy atom. The minimum atomic E-state index is 0.0660. The molecule has 0 aromatic heterocycles. The van der Waals surface area contributed by atoms with E-state index in [4.69, 9.17) is 17.3 Å². The highest BCUT2D eigenvalue weighted by molar-refractivity contribution is 6.29. The highest BCUT2D eigenvalue weighted by Crippen LogP contribution is 2.17. The molecule has 1 unspecified atom stereocenters. The number of nitrogens with two attached hydrogens (primary N) is 1. The van der Waals surface area contributed by atoms with Crippen LogP contribution >= 0.6 is 11.6 Å². The zero-order chi connectivity index (χ0) is 12.0. The zero-order valence-corrected chi connectivity index (χ0v) is 10.3. The molecule has 16 heavy (non-hydrogen) atoms. The van der Waals surface area contributed by atoms with Crippen molar-refractivity contribution < 1.29 is 4.79 Å². The molecule has 0 saturated carbocycles. The van der Waals surface area contributed by atoms with Crippen molar-refractivity contribution in [3.63, 3.8) is 0 Å². The first-order chi connectivity index (χ1) is 7.63. The second kappa shape index (κ2) is 6.89. The maximum atomic E-state index is 11.7. The van der Waals surface area contributed by atoms with Gasteiger partial charge in [-0.15, -0.1) is 0 Å². The van der Waals surface area contributed by atoms with Crippen LogP contribution in [0.15, 0.2) is 11.6 Å². The van der Waals surface area contributed by atoms with Crippen molar-refractivity contribution in [1.29, 1.82) is 0 Å². The van der Waals surface area contributed by atoms with Crippen LogP contribution in [0.3, 0.4) is 0 Å². The van der Waals surface area contributed by atoms with Crippen LogP contribution < -0.4 is 11.1 Å². The molecule has 5 heteroatoms. The highest BCUT2D eigenvalue weighted by atomic mass is 35.5. The quantitative estimate of drug-likeness (QED) is 0.743. The van der Waals surface area contributed by atoms with E-state index in [0.29, 0.717) is 24.7 Å². The number of hydrogen-bond acceptors (Lipinski definition) is 3. The van der Waals surface area contributed by atoms with Gasteiger partial charge < -0.3 is 11.1 Å². The van der Waals surface area contributed by atoms with Crippen LogP contribution in [0.2, 0.25) is 0 Å². The summed E-state index contributed by atoms with van der Waals surface area (Å²) < 4.78 is 0. The summed E-state index contributed by atoms with van der Waals surface area (Å²) in [5, 5.41) is 3.46. The highest BCUT2D eigenvalue weighted by Gasteiger charge is 2.25. The number of nitrogens with zero attached hydrogens (tertiary/aromatic N) is 1. The van der Waals surface area contributed by atoms with Gasteiger partial charge in [0.05, 0.1) is 5.92 Å². The molecule has 4 nitrogen and oxygen atoms in total. The van der Waals surface area contributed by atoms with E-state index in [2.05, 4.69) is 16.8 Å². The Kier molecular flexibility index (Phi) is 5.80. The van der Waals surface area contributed by atoms with E-state index in [-0.39, 0.29) is 11.8 Å². The molecule has 1 heterocycles. The van der Waals surface area contributed by atoms with Crippen molar-refractivity contribution in [1.82, 2.24) is 10.2 Å². The molecular weight excluding hydrogens is 226 g/mol. The summed E-state index contributed by atoms with van der Waals surface area (Å²) in [5.41, 5.74) is 5.35. The molecule has 1 saturated heterocycles. The lowest BCUT2D eigenvalue weighted by molar-refractivity contribution is -0.126. The summed E-state index contributed by atoms with van der Waals surface area (Å²) in [6.07, 6.45) is 1.98. The fourth-order valence-corrected chi connectivity index (χ4v) is 2.16. The van der Waals surface area contributed by atoms with Gasteiger partial charge in [0.25, 0.3) is 0 Å². The van der Waals surface area contributed by atoms with E-state index in [9.17, 15) is 4.79 Å². The number of amides is 1. The van der Waals surface area contributed by atoms with Gasteiger partial charge in [-0.2, -0.15) is 0 Å². The Labute approximate surface area is 102 Å². The van der Waals surface area contributed by atoms with Crippen molar-refractivity contribution in [2.24, 2.45) is 11.7 Å². The van der Waals surface area contributed by atoms with Crippen molar-refractivity contribution >= 4 is 17.5 Å². The molecule has 1 aliphatic heterocycles. The van der Waals surface area contributed by atoms with Crippen LogP contribution in [-0.4, -0.2) is 43.5 Å². The summed E-state index contributed by atoms with van der Waals surface area (Å²) in [7, 11) is 0. The molecular formula is C11H20ClN3O. The van der Waals surface area contributed by atoms with E-state index in [1.165, 1.54) is 0 Å². The van der Waals surface area contributed by atoms with Crippen molar-refractivity contribution in [2.45, 2.75) is 12.8 Å². The second-order valence-corrected chi connectivity index (χ2v) is 4.71. The molecule has 0 radical (unpaired) electrons. The first-order valence-corrected chi connectivity index (χ1v) is 6.04. The van der Waals surface area contributed by atoms with Crippen molar-refractivity contribution in [2.75, 3.05) is 32.7 Å². The van der Waals surface area contributed by atoms with Gasteiger partial charge in [-0.1, -0.05) is 18.2 Å². The normalized spacial score (nSPS) is 21.8. The maximum Gasteiger partial charge on any atom is 0.224 e. The maximum absolute atomic E-state index is 11.7. The van der Waals surface area contributed by atoms with Crippen LogP contribution in [0.1, 0.15) is 12.8 Å². The number of carbonyl (C=O) groups is 1. The van der Waals surface area contributed by atoms with E-state index < -0.39 is 0 Å². The minimum Gasteiger partial charge on any atom is -0.355 e. The predicted molar refractivity (Wildman–Crippen MR) is 66.2 cm³/mol. The van der Waals surface area contributed by atoms with E-state index in [1.807, 2.05) is 0 Å². The molecule has 1 rings (SSSR count). The lowest BCUT2D eigenvalue weighted by Crippen LogP contribution is -2.44. The van der Waals surface area contributed by atoms with E-state index in [1.54, 1.807) is 0 Å². The van der Waals surface area contributed by atoms with Crippen LogP contribution in [0.4, 0.5) is 0 Å². The lowest BCUT2D eigenvalue weighted by atomic mass is 9.97. The molecule has 0 bridgehead atoms. The molecule has 1 amide bonds. The van der Waals surface area contributed by atoms with E-state index in [0.717, 1.165) is 25.9 Å². The summed E-state index contributed by atoms with van der Waals surface area (Å²) in [6, 6.07) is 0. The number of likely N-dealkylation sites (tertiary alicyclic amines) is 1. The smallest absolute Gasteiger partial charge is 0.224 e. The molecule has 0 aromatic carbocycles. The molecule has 3 N–H and O–H groups in total. The van der Waals surface area contributed by atoms with Gasteiger partial charge in [-0.3, -0.25) is 9.69 Å². The minimum absolute atomic E-state index is 0.0660. The summed E-state index contributed by atoms with van der Waals surface area (Å²) in [4.78, 5) is 13.9. The van der Waals surface area contributed by atoms with E-state index >= 15 is 0 Å². The molecule has 0 aliphatic carbocycles. The third kappa shape index (κ3) is 4.51. The van der Waals surface area contributed by atoms with Gasteiger partial charge in [0.1, 0.15) is 0 Å². The predicted octanol–water partition coefficient (Wildman–Crippen LogP) is 0.526. The number of carbonyl (C=O) groups excluding carboxylic acids is 1. The monoisotopic (exact) mass is 245 g/mol. The van der Waals surface area contributed by atoms with Gasteiger partial charge in [0.15, 0.2) is 0 Å². The Bertz CT molecular complexity index is 258. The second-order valence-electron chi connectivity index (χ2n) is 4.17. The van der Waals surface area contributed by atoms with Gasteiger partial charge in [-0.25, -0.2) is 0 Å². The average Bonchev–Trinajstić information content (AvgIpc) is 2.25. The first-order valence-electron chi connectivity index (χ1n) is 5.67. The Hall–Kier alpha value is -0.580. The first kappa shape index (κ1) is 13.5. The van der Waals surface area contributed by atoms with Crippen LogP contribution in [0.5, 0.6) is 0 Å². The van der Waals surface area contributed by atoms with Crippen LogP contribution in [0.25, 0.3) is 0 Å². The largest absolute Gasteiger partial charge is 0.355 e. The summed E-state index contributed by atoms with van der Waals surface area (Å²) in [6.45, 7) is 7.14. The number of halogens is 1. The fraction of sp³-hybridized carbons (Fsp3) is 0.727. The Morgan fingerprint density at radius 2 is 2.38 bits per heavy atom. The Morgan fingerprint density at radius 1 is 1.62 bits per heavy atom. The zero-order valence-electron chi connectivity index (χ0n) is 9.54. The summed E-state index contributed by atoms with van der Waals surface area (Å²) >= 11 is 5.77. The lowest BCUT2D eigenvalue weighted by Gasteiger charge is -2.31. The van der Waals surface area contributed by atoms with Crippen molar-refractivity contribution in [3.05, 3.63) is 11.6 Å². The molecule has 1 atom stereocenters. The number of rotatable bonds is 5. The van der Waals surface area contributed by atoms with Gasteiger partial charge >= 0.3 is 0 Å². The fourth-order valence-electron chi connectivity index (χ4n) is 2.00. The standard InChI is InChI=1S/C11H20ClN3O/c1-9(12)7-15-6-2-3-10(8-15)11(16)14-5-4-13/h10H,1-8,13H2,(H,14,16). The SMILES string of the molecule is C=C(Cl)CN1CCCC(C(=O)NCCN)C1. The topological polar surface area (TPSA) is 58.4 Å². The van der Waals surface area contributed by atoms with Crippen LogP contribution in [0, 0.1) is 5.92 Å². The molecule has 0 spiro atoms. The van der Waals surface area contributed by atoms with Crippen LogP contribution in [-0.2, 0) is 4.79 Å². The average molecular weight is 246 g/mol. The third-order valence-electron chi connectivity index (χ3n) is 2.72. The number of nitrogens with one attached hydrogen (secondary N) is 1. The van der Waals surface area contributed by atoms with Crippen molar-refractivity contribution in [3.8, 4) is 0 Å². The number of hydrogen-bond donors (Lipinski definition) is 2. The molecule has 1 aliphatic rings. The molecule has 92 valence electrons. The Balaban J connectivity index is 2.37. The van der Waals surface area contributed by atoms with Gasteiger partial charge in [-0.05, 0) is 19.4 Å². The summed E-state index contributed by atoms with van der Waals surface area (Å²) in [5.74, 6) is 0.173. The number of piperidine rings is 1. The molecule has 0 aromatic rings. The third-order valence-corrected chi connectivity index (χ3v) is 2.83. The van der Waals surface area contributed by atoms with Gasteiger partial charge in [0.2, 0.25) is 5.91 Å². The van der Waals surface area contributed by atoms with Gasteiger partial charge in [0, 0.05) is 31.2 Å². The molecule has 1 fully saturated rings.